The fourth-order valence-corrected chi connectivity index (χ4v) is 2.65. The van der Waals surface area contributed by atoms with E-state index in [0.29, 0.717) is 17.2 Å². The lowest BCUT2D eigenvalue weighted by Crippen LogP contribution is -2.40. The second-order valence-corrected chi connectivity index (χ2v) is 5.18. The van der Waals surface area contributed by atoms with Crippen LogP contribution in [0.1, 0.15) is 12.8 Å². The van der Waals surface area contributed by atoms with Crippen molar-refractivity contribution in [2.45, 2.75) is 25.0 Å². The van der Waals surface area contributed by atoms with Gasteiger partial charge in [0.15, 0.2) is 0 Å². The molecule has 19 heavy (non-hydrogen) atoms. The van der Waals surface area contributed by atoms with Crippen LogP contribution in [0.15, 0.2) is 36.9 Å². The number of nitrogens with zero attached hydrogens (tertiary/aromatic N) is 2. The number of ether oxygens (including phenoxy) is 1. The Hall–Kier alpha value is -1.52. The van der Waals surface area contributed by atoms with E-state index in [1.807, 2.05) is 29.0 Å². The van der Waals surface area contributed by atoms with Crippen LogP contribution in [-0.4, -0.2) is 28.8 Å². The van der Waals surface area contributed by atoms with E-state index < -0.39 is 0 Å². The summed E-state index contributed by atoms with van der Waals surface area (Å²) in [6.07, 6.45) is 7.85. The fourth-order valence-electron chi connectivity index (χ4n) is 2.38. The highest BCUT2D eigenvalue weighted by atomic mass is 35.5. The minimum Gasteiger partial charge on any atom is -0.381 e. The maximum Gasteiger partial charge on any atom is 0.0992 e. The molecule has 0 aliphatic heterocycles. The van der Waals surface area contributed by atoms with Gasteiger partial charge in [0, 0.05) is 25.5 Å². The Bertz CT molecular complexity index is 550. The standard InChI is InChI=1S/C14H16ClN3O/c1-19-11-7-10(8-11)17-13-4-2-3-12(15)14(13)18-6-5-16-9-18/h2-6,9-11,17H,7-8H2,1H3. The summed E-state index contributed by atoms with van der Waals surface area (Å²) in [5.74, 6) is 0. The first-order valence-corrected chi connectivity index (χ1v) is 6.72. The summed E-state index contributed by atoms with van der Waals surface area (Å²) in [5.41, 5.74) is 1.98. The van der Waals surface area contributed by atoms with Gasteiger partial charge in [0.05, 0.1) is 28.8 Å². The van der Waals surface area contributed by atoms with Gasteiger partial charge in [0.1, 0.15) is 0 Å². The van der Waals surface area contributed by atoms with Gasteiger partial charge in [-0.25, -0.2) is 4.98 Å². The Labute approximate surface area is 117 Å². The maximum absolute atomic E-state index is 6.31. The molecule has 1 N–H and O–H groups in total. The number of imidazole rings is 1. The molecule has 3 rings (SSSR count). The lowest BCUT2D eigenvalue weighted by molar-refractivity contribution is 0.0329. The molecule has 0 radical (unpaired) electrons. The molecule has 0 saturated heterocycles. The van der Waals surface area contributed by atoms with Crippen LogP contribution in [0.4, 0.5) is 5.69 Å². The summed E-state index contributed by atoms with van der Waals surface area (Å²) in [4.78, 5) is 4.08. The van der Waals surface area contributed by atoms with Gasteiger partial charge < -0.3 is 14.6 Å². The molecule has 1 aliphatic rings. The number of halogens is 1. The van der Waals surface area contributed by atoms with Gasteiger partial charge >= 0.3 is 0 Å². The van der Waals surface area contributed by atoms with Crippen LogP contribution in [0, 0.1) is 0 Å². The van der Waals surface area contributed by atoms with Crippen LogP contribution in [-0.2, 0) is 4.74 Å². The third kappa shape index (κ3) is 2.46. The number of rotatable bonds is 4. The number of methoxy groups -OCH3 is 1. The smallest absolute Gasteiger partial charge is 0.0992 e. The van der Waals surface area contributed by atoms with Crippen molar-refractivity contribution in [3.8, 4) is 5.69 Å². The third-order valence-electron chi connectivity index (χ3n) is 3.54. The van der Waals surface area contributed by atoms with Crippen molar-refractivity contribution in [3.05, 3.63) is 41.9 Å². The number of nitrogens with one attached hydrogen (secondary N) is 1. The van der Waals surface area contributed by atoms with Crippen molar-refractivity contribution in [2.75, 3.05) is 12.4 Å². The lowest BCUT2D eigenvalue weighted by Gasteiger charge is -2.35. The van der Waals surface area contributed by atoms with Crippen LogP contribution in [0.2, 0.25) is 5.02 Å². The van der Waals surface area contributed by atoms with Gasteiger partial charge in [-0.2, -0.15) is 0 Å². The Morgan fingerprint density at radius 1 is 1.42 bits per heavy atom. The van der Waals surface area contributed by atoms with Gasteiger partial charge in [0.25, 0.3) is 0 Å². The molecule has 1 fully saturated rings. The van der Waals surface area contributed by atoms with E-state index in [1.54, 1.807) is 19.6 Å². The zero-order valence-corrected chi connectivity index (χ0v) is 11.5. The molecule has 0 spiro atoms. The molecule has 1 aromatic heterocycles. The number of anilines is 1. The van der Waals surface area contributed by atoms with E-state index in [-0.39, 0.29) is 0 Å². The normalized spacial score (nSPS) is 22.0. The van der Waals surface area contributed by atoms with Gasteiger partial charge in [-0.3, -0.25) is 0 Å². The summed E-state index contributed by atoms with van der Waals surface area (Å²) in [6, 6.07) is 6.34. The van der Waals surface area contributed by atoms with Crippen LogP contribution >= 0.6 is 11.6 Å². The molecule has 1 aliphatic carbocycles. The van der Waals surface area contributed by atoms with E-state index in [0.717, 1.165) is 24.2 Å². The average molecular weight is 278 g/mol. The van der Waals surface area contributed by atoms with E-state index >= 15 is 0 Å². The summed E-state index contributed by atoms with van der Waals surface area (Å²) in [7, 11) is 1.76. The quantitative estimate of drug-likeness (QED) is 0.933. The second kappa shape index (κ2) is 5.23. The highest BCUT2D eigenvalue weighted by Crippen LogP contribution is 2.32. The molecule has 0 unspecified atom stereocenters. The number of hydrogen-bond donors (Lipinski definition) is 1. The molecule has 0 atom stereocenters. The molecule has 4 nitrogen and oxygen atoms in total. The van der Waals surface area contributed by atoms with E-state index in [2.05, 4.69) is 10.3 Å². The SMILES string of the molecule is COC1CC(Nc2cccc(Cl)c2-n2ccnc2)C1. The van der Waals surface area contributed by atoms with Crippen molar-refractivity contribution in [3.63, 3.8) is 0 Å². The Morgan fingerprint density at radius 2 is 2.26 bits per heavy atom. The number of para-hydroxylation sites is 1. The minimum absolute atomic E-state index is 0.383. The monoisotopic (exact) mass is 277 g/mol. The van der Waals surface area contributed by atoms with Gasteiger partial charge in [-0.1, -0.05) is 17.7 Å². The summed E-state index contributed by atoms with van der Waals surface area (Å²) < 4.78 is 7.23. The molecule has 1 saturated carbocycles. The zero-order valence-electron chi connectivity index (χ0n) is 10.7. The molecule has 1 aromatic carbocycles. The molecule has 0 bridgehead atoms. The van der Waals surface area contributed by atoms with Crippen molar-refractivity contribution < 1.29 is 4.74 Å². The Balaban J connectivity index is 1.84. The number of aromatic nitrogens is 2. The predicted molar refractivity (Wildman–Crippen MR) is 76.0 cm³/mol. The van der Waals surface area contributed by atoms with Gasteiger partial charge in [-0.05, 0) is 25.0 Å². The minimum atomic E-state index is 0.383. The lowest BCUT2D eigenvalue weighted by atomic mass is 9.89. The number of benzene rings is 1. The third-order valence-corrected chi connectivity index (χ3v) is 3.84. The molecule has 100 valence electrons. The zero-order chi connectivity index (χ0) is 13.2. The predicted octanol–water partition coefficient (Wildman–Crippen LogP) is 3.12. The maximum atomic E-state index is 6.31. The fraction of sp³-hybridized carbons (Fsp3) is 0.357. The van der Waals surface area contributed by atoms with Crippen molar-refractivity contribution in [1.82, 2.24) is 9.55 Å². The summed E-state index contributed by atoms with van der Waals surface area (Å²) in [6.45, 7) is 0. The highest BCUT2D eigenvalue weighted by Gasteiger charge is 2.29. The van der Waals surface area contributed by atoms with Crippen molar-refractivity contribution in [2.24, 2.45) is 0 Å². The van der Waals surface area contributed by atoms with Crippen molar-refractivity contribution in [1.29, 1.82) is 0 Å². The van der Waals surface area contributed by atoms with Crippen LogP contribution < -0.4 is 5.32 Å². The molecule has 0 amide bonds. The summed E-state index contributed by atoms with van der Waals surface area (Å²) in [5, 5.41) is 4.24. The average Bonchev–Trinajstić information content (AvgIpc) is 2.86. The molecule has 1 heterocycles. The van der Waals surface area contributed by atoms with Crippen LogP contribution in [0.5, 0.6) is 0 Å². The first-order valence-electron chi connectivity index (χ1n) is 6.34. The Morgan fingerprint density at radius 3 is 2.95 bits per heavy atom. The van der Waals surface area contributed by atoms with E-state index in [9.17, 15) is 0 Å². The Kier molecular flexibility index (Phi) is 3.44. The van der Waals surface area contributed by atoms with Gasteiger partial charge in [0.2, 0.25) is 0 Å². The number of hydrogen-bond acceptors (Lipinski definition) is 3. The van der Waals surface area contributed by atoms with Crippen LogP contribution in [0.25, 0.3) is 5.69 Å². The molecular formula is C14H16ClN3O. The van der Waals surface area contributed by atoms with E-state index in [4.69, 9.17) is 16.3 Å². The molecule has 5 heteroatoms. The topological polar surface area (TPSA) is 39.1 Å². The highest BCUT2D eigenvalue weighted by molar-refractivity contribution is 6.33. The van der Waals surface area contributed by atoms with Gasteiger partial charge in [-0.15, -0.1) is 0 Å². The molecule has 2 aromatic rings. The second-order valence-electron chi connectivity index (χ2n) is 4.78. The van der Waals surface area contributed by atoms with Crippen molar-refractivity contribution >= 4 is 17.3 Å². The first-order chi connectivity index (χ1) is 9.28. The van der Waals surface area contributed by atoms with Crippen LogP contribution in [0.3, 0.4) is 0 Å². The molecular weight excluding hydrogens is 262 g/mol. The summed E-state index contributed by atoms with van der Waals surface area (Å²) >= 11 is 6.31. The first kappa shape index (κ1) is 12.5. The van der Waals surface area contributed by atoms with E-state index in [1.165, 1.54) is 0 Å². The largest absolute Gasteiger partial charge is 0.381 e.